The van der Waals surface area contributed by atoms with Crippen molar-refractivity contribution in [3.8, 4) is 0 Å². The maximum absolute atomic E-state index is 10.4. The summed E-state index contributed by atoms with van der Waals surface area (Å²) in [5.41, 5.74) is 0. The number of rotatable bonds is 4. The average Bonchev–Trinajstić information content (AvgIpc) is 2.23. The van der Waals surface area contributed by atoms with Gasteiger partial charge in [0.05, 0.1) is 12.7 Å². The summed E-state index contributed by atoms with van der Waals surface area (Å²) in [6.07, 6.45) is -6.17. The monoisotopic (exact) mass is 286 g/mol. The summed E-state index contributed by atoms with van der Waals surface area (Å²) >= 11 is 0. The van der Waals surface area contributed by atoms with Crippen molar-refractivity contribution in [3.05, 3.63) is 0 Å². The van der Waals surface area contributed by atoms with Crippen LogP contribution in [0.1, 0.15) is 13.8 Å². The molecule has 0 spiro atoms. The van der Waals surface area contributed by atoms with E-state index in [4.69, 9.17) is 9.29 Å². The van der Waals surface area contributed by atoms with Crippen molar-refractivity contribution in [3.63, 3.8) is 0 Å². The topological polar surface area (TPSA) is 134 Å². The maximum Gasteiger partial charge on any atom is 0.397 e. The standard InChI is InChI=1S/C9H18O8S/c1-4(2)9-8(12)7(11)6(10)5(17-9)3-16-18(13,14)15/h4-12H,3H2,1-2H3,(H,13,14,15). The van der Waals surface area contributed by atoms with Gasteiger partial charge in [-0.1, -0.05) is 13.8 Å². The Labute approximate surface area is 105 Å². The second-order valence-corrected chi connectivity index (χ2v) is 5.66. The average molecular weight is 286 g/mol. The quantitative estimate of drug-likeness (QED) is 0.450. The van der Waals surface area contributed by atoms with Crippen LogP contribution in [0.15, 0.2) is 0 Å². The molecule has 18 heavy (non-hydrogen) atoms. The number of hydrogen-bond acceptors (Lipinski definition) is 7. The predicted molar refractivity (Wildman–Crippen MR) is 59.0 cm³/mol. The molecule has 0 saturated carbocycles. The zero-order valence-electron chi connectivity index (χ0n) is 10.0. The summed E-state index contributed by atoms with van der Waals surface area (Å²) in [6.45, 7) is 2.82. The zero-order valence-corrected chi connectivity index (χ0v) is 10.8. The Hall–Kier alpha value is -0.290. The number of aliphatic hydroxyl groups excluding tert-OH is 3. The van der Waals surface area contributed by atoms with Crippen molar-refractivity contribution in [2.75, 3.05) is 6.61 Å². The van der Waals surface area contributed by atoms with Crippen LogP contribution in [-0.4, -0.2) is 65.4 Å². The lowest BCUT2D eigenvalue weighted by molar-refractivity contribution is -0.236. The van der Waals surface area contributed by atoms with Gasteiger partial charge in [0.1, 0.15) is 24.4 Å². The molecule has 0 aromatic heterocycles. The molecular weight excluding hydrogens is 268 g/mol. The van der Waals surface area contributed by atoms with E-state index in [2.05, 4.69) is 4.18 Å². The van der Waals surface area contributed by atoms with Crippen LogP contribution in [0, 0.1) is 5.92 Å². The van der Waals surface area contributed by atoms with E-state index in [1.165, 1.54) is 0 Å². The van der Waals surface area contributed by atoms with Gasteiger partial charge in [-0.3, -0.25) is 4.55 Å². The number of ether oxygens (including phenoxy) is 1. The van der Waals surface area contributed by atoms with Gasteiger partial charge in [-0.15, -0.1) is 0 Å². The molecule has 0 aromatic carbocycles. The van der Waals surface area contributed by atoms with Crippen molar-refractivity contribution >= 4 is 10.4 Å². The van der Waals surface area contributed by atoms with Crippen LogP contribution in [0.2, 0.25) is 0 Å². The Balaban J connectivity index is 2.73. The van der Waals surface area contributed by atoms with Crippen LogP contribution in [0.5, 0.6) is 0 Å². The number of aliphatic hydroxyl groups is 3. The highest BCUT2D eigenvalue weighted by Gasteiger charge is 2.45. The minimum Gasteiger partial charge on any atom is -0.388 e. The van der Waals surface area contributed by atoms with Crippen molar-refractivity contribution in [2.24, 2.45) is 5.92 Å². The summed E-state index contributed by atoms with van der Waals surface area (Å²) in [5, 5.41) is 28.9. The fraction of sp³-hybridized carbons (Fsp3) is 1.00. The van der Waals surface area contributed by atoms with E-state index in [1.54, 1.807) is 13.8 Å². The molecule has 8 nitrogen and oxygen atoms in total. The summed E-state index contributed by atoms with van der Waals surface area (Å²) < 4.78 is 38.7. The van der Waals surface area contributed by atoms with Gasteiger partial charge in [0.15, 0.2) is 0 Å². The fourth-order valence-electron chi connectivity index (χ4n) is 1.82. The van der Waals surface area contributed by atoms with E-state index < -0.39 is 47.5 Å². The van der Waals surface area contributed by atoms with Crippen molar-refractivity contribution in [2.45, 2.75) is 44.4 Å². The second-order valence-electron chi connectivity index (χ2n) is 4.57. The van der Waals surface area contributed by atoms with Crippen LogP contribution in [0.25, 0.3) is 0 Å². The van der Waals surface area contributed by atoms with E-state index in [0.717, 1.165) is 0 Å². The Bertz CT molecular complexity index is 367. The van der Waals surface area contributed by atoms with Gasteiger partial charge in [-0.2, -0.15) is 8.42 Å². The number of hydrogen-bond donors (Lipinski definition) is 4. The van der Waals surface area contributed by atoms with E-state index in [9.17, 15) is 23.7 Å². The molecule has 1 saturated heterocycles. The molecule has 1 rings (SSSR count). The molecule has 0 bridgehead atoms. The first-order valence-electron chi connectivity index (χ1n) is 5.45. The molecule has 9 heteroatoms. The smallest absolute Gasteiger partial charge is 0.388 e. The highest BCUT2D eigenvalue weighted by atomic mass is 32.3. The molecule has 1 aliphatic rings. The molecule has 5 unspecified atom stereocenters. The molecule has 0 radical (unpaired) electrons. The van der Waals surface area contributed by atoms with Crippen LogP contribution in [0.4, 0.5) is 0 Å². The van der Waals surface area contributed by atoms with Crippen LogP contribution in [0.3, 0.4) is 0 Å². The van der Waals surface area contributed by atoms with Gasteiger partial charge < -0.3 is 20.1 Å². The van der Waals surface area contributed by atoms with Gasteiger partial charge in [0, 0.05) is 0 Å². The Morgan fingerprint density at radius 2 is 1.72 bits per heavy atom. The molecule has 5 atom stereocenters. The normalized spacial score (nSPS) is 38.1. The minimum atomic E-state index is -4.65. The summed E-state index contributed by atoms with van der Waals surface area (Å²) in [6, 6.07) is 0. The first kappa shape index (κ1) is 15.8. The molecule has 0 aliphatic carbocycles. The van der Waals surface area contributed by atoms with Crippen LogP contribution < -0.4 is 0 Å². The van der Waals surface area contributed by atoms with E-state index in [0.29, 0.717) is 0 Å². The first-order valence-corrected chi connectivity index (χ1v) is 6.81. The predicted octanol–water partition coefficient (Wildman–Crippen LogP) is -1.69. The third-order valence-electron chi connectivity index (χ3n) is 2.79. The van der Waals surface area contributed by atoms with Gasteiger partial charge in [-0.05, 0) is 5.92 Å². The van der Waals surface area contributed by atoms with Gasteiger partial charge in [0.25, 0.3) is 0 Å². The SMILES string of the molecule is CC(C)C1OC(COS(=O)(=O)O)C(O)C(O)C1O. The molecule has 0 aromatic rings. The highest BCUT2D eigenvalue weighted by Crippen LogP contribution is 2.26. The lowest BCUT2D eigenvalue weighted by Gasteiger charge is -2.41. The third-order valence-corrected chi connectivity index (χ3v) is 3.22. The second kappa shape index (κ2) is 5.78. The van der Waals surface area contributed by atoms with E-state index in [-0.39, 0.29) is 5.92 Å². The molecule has 4 N–H and O–H groups in total. The largest absolute Gasteiger partial charge is 0.397 e. The summed E-state index contributed by atoms with van der Waals surface area (Å²) in [7, 11) is -4.65. The zero-order chi connectivity index (χ0) is 14.1. The minimum absolute atomic E-state index is 0.157. The highest BCUT2D eigenvalue weighted by molar-refractivity contribution is 7.80. The third kappa shape index (κ3) is 3.85. The van der Waals surface area contributed by atoms with Crippen molar-refractivity contribution in [1.82, 2.24) is 0 Å². The summed E-state index contributed by atoms with van der Waals surface area (Å²) in [5.74, 6) is -0.157. The Morgan fingerprint density at radius 1 is 1.17 bits per heavy atom. The summed E-state index contributed by atoms with van der Waals surface area (Å²) in [4.78, 5) is 0. The Morgan fingerprint density at radius 3 is 2.17 bits per heavy atom. The molecule has 1 fully saturated rings. The van der Waals surface area contributed by atoms with Crippen molar-refractivity contribution in [1.29, 1.82) is 0 Å². The van der Waals surface area contributed by atoms with E-state index in [1.807, 2.05) is 0 Å². The van der Waals surface area contributed by atoms with Crippen LogP contribution in [-0.2, 0) is 19.3 Å². The lowest BCUT2D eigenvalue weighted by atomic mass is 9.90. The fourth-order valence-corrected chi connectivity index (χ4v) is 2.13. The maximum atomic E-state index is 10.4. The van der Waals surface area contributed by atoms with E-state index >= 15 is 0 Å². The molecule has 1 aliphatic heterocycles. The lowest BCUT2D eigenvalue weighted by Crippen LogP contribution is -2.60. The van der Waals surface area contributed by atoms with Crippen LogP contribution >= 0.6 is 0 Å². The van der Waals surface area contributed by atoms with Gasteiger partial charge in [0.2, 0.25) is 0 Å². The Kier molecular flexibility index (Phi) is 5.06. The molecular formula is C9H18O8S. The first-order chi connectivity index (χ1) is 8.13. The molecule has 0 amide bonds. The van der Waals surface area contributed by atoms with Gasteiger partial charge in [-0.25, -0.2) is 4.18 Å². The molecule has 108 valence electrons. The van der Waals surface area contributed by atoms with Crippen molar-refractivity contribution < 1.29 is 37.2 Å². The van der Waals surface area contributed by atoms with Gasteiger partial charge >= 0.3 is 10.4 Å². The molecule has 1 heterocycles.